The smallest absolute Gasteiger partial charge is 0.144 e. The monoisotopic (exact) mass is 279 g/mol. The molecule has 88 valence electrons. The number of aryl methyl sites for hydroxylation is 1. The molecular formula is C9H9Cl2N2O2S-. The van der Waals surface area contributed by atoms with Crippen molar-refractivity contribution in [1.29, 1.82) is 0 Å². The summed E-state index contributed by atoms with van der Waals surface area (Å²) in [5.41, 5.74) is 1.45. The number of hydrogen-bond acceptors (Lipinski definition) is 3. The van der Waals surface area contributed by atoms with Crippen molar-refractivity contribution < 1.29 is 8.76 Å². The van der Waals surface area contributed by atoms with Crippen molar-refractivity contribution >= 4 is 46.4 Å². The van der Waals surface area contributed by atoms with Gasteiger partial charge < -0.3 is 4.55 Å². The Labute approximate surface area is 106 Å². The van der Waals surface area contributed by atoms with Gasteiger partial charge in [-0.2, -0.15) is 9.52 Å². The van der Waals surface area contributed by atoms with Crippen molar-refractivity contribution in [3.05, 3.63) is 29.8 Å². The lowest BCUT2D eigenvalue weighted by molar-refractivity contribution is 0.533. The van der Waals surface area contributed by atoms with Crippen LogP contribution in [0.2, 0.25) is 0 Å². The molecule has 1 rings (SSSR count). The predicted octanol–water partition coefficient (Wildman–Crippen LogP) is 2.39. The molecule has 1 aromatic carbocycles. The highest BCUT2D eigenvalue weighted by Crippen LogP contribution is 2.16. The number of rotatable bonds is 4. The first-order valence-electron chi connectivity index (χ1n) is 4.29. The Morgan fingerprint density at radius 3 is 2.44 bits per heavy atom. The molecule has 1 unspecified atom stereocenters. The zero-order valence-corrected chi connectivity index (χ0v) is 10.7. The van der Waals surface area contributed by atoms with Crippen molar-refractivity contribution in [2.45, 2.75) is 11.8 Å². The van der Waals surface area contributed by atoms with E-state index in [1.54, 1.807) is 24.3 Å². The Kier molecular flexibility index (Phi) is 5.21. The van der Waals surface area contributed by atoms with Crippen LogP contribution in [0.15, 0.2) is 29.4 Å². The summed E-state index contributed by atoms with van der Waals surface area (Å²) in [5, 5.41) is 3.65. The second kappa shape index (κ2) is 6.20. The predicted molar refractivity (Wildman–Crippen MR) is 66.6 cm³/mol. The Morgan fingerprint density at radius 1 is 1.44 bits per heavy atom. The molecule has 0 fully saturated rings. The van der Waals surface area contributed by atoms with E-state index < -0.39 is 16.1 Å². The summed E-state index contributed by atoms with van der Waals surface area (Å²) in [5.74, 6) is 0. The van der Waals surface area contributed by atoms with Gasteiger partial charge in [-0.05, 0) is 19.1 Å². The summed E-state index contributed by atoms with van der Waals surface area (Å²) >= 11 is 8.35. The maximum absolute atomic E-state index is 10.9. The van der Waals surface area contributed by atoms with Crippen molar-refractivity contribution in [3.63, 3.8) is 0 Å². The summed E-state index contributed by atoms with van der Waals surface area (Å²) in [6, 6.07) is 6.84. The quantitative estimate of drug-likeness (QED) is 0.368. The van der Waals surface area contributed by atoms with E-state index in [1.807, 2.05) is 6.92 Å². The summed E-state index contributed by atoms with van der Waals surface area (Å²) in [4.78, 5) is -0.850. The van der Waals surface area contributed by atoms with Crippen LogP contribution in [0.3, 0.4) is 0 Å². The van der Waals surface area contributed by atoms with Crippen LogP contribution in [0.5, 0.6) is 0 Å². The minimum Gasteiger partial charge on any atom is -0.754 e. The summed E-state index contributed by atoms with van der Waals surface area (Å²) < 4.78 is 22.6. The highest BCUT2D eigenvalue weighted by Gasteiger charge is 2.05. The fourth-order valence-electron chi connectivity index (χ4n) is 0.974. The first-order valence-corrected chi connectivity index (χ1v) is 6.19. The van der Waals surface area contributed by atoms with E-state index in [2.05, 4.69) is 5.10 Å². The van der Waals surface area contributed by atoms with E-state index in [9.17, 15) is 8.76 Å². The zero-order valence-electron chi connectivity index (χ0n) is 8.34. The van der Waals surface area contributed by atoms with Gasteiger partial charge >= 0.3 is 0 Å². The molecule has 4 nitrogen and oxygen atoms in total. The van der Waals surface area contributed by atoms with Crippen LogP contribution in [0.4, 0.5) is 5.69 Å². The first kappa shape index (κ1) is 13.4. The molecule has 0 radical (unpaired) electrons. The van der Waals surface area contributed by atoms with Crippen LogP contribution in [0.1, 0.15) is 5.56 Å². The Morgan fingerprint density at radius 2 is 2.00 bits per heavy atom. The molecule has 0 saturated carbocycles. The van der Waals surface area contributed by atoms with Gasteiger partial charge in [0.15, 0.2) is 0 Å². The Hall–Kier alpha value is -0.620. The molecule has 0 N–H and O–H groups in total. The van der Waals surface area contributed by atoms with Crippen LogP contribution < -0.4 is 4.41 Å². The average molecular weight is 280 g/mol. The third-order valence-corrected chi connectivity index (χ3v) is 2.49. The van der Waals surface area contributed by atoms with Crippen LogP contribution >= 0.6 is 23.2 Å². The fourth-order valence-corrected chi connectivity index (χ4v) is 1.50. The lowest BCUT2D eigenvalue weighted by atomic mass is 10.2. The fraction of sp³-hybridized carbons (Fsp3) is 0.222. The maximum Gasteiger partial charge on any atom is 0.144 e. The van der Waals surface area contributed by atoms with E-state index >= 15 is 0 Å². The molecule has 1 atom stereocenters. The molecule has 0 aromatic heterocycles. The number of alkyl halides is 2. The molecule has 7 heteroatoms. The average Bonchev–Trinajstić information content (AvgIpc) is 2.20. The SMILES string of the molecule is Cc1ccc(N(/N=C/C(Cl)Cl)S(=O)[O-])cc1. The van der Waals surface area contributed by atoms with Crippen molar-refractivity contribution in [3.8, 4) is 0 Å². The van der Waals surface area contributed by atoms with Gasteiger partial charge in [0.1, 0.15) is 4.84 Å². The lowest BCUT2D eigenvalue weighted by Gasteiger charge is -2.20. The molecule has 16 heavy (non-hydrogen) atoms. The second-order valence-electron chi connectivity index (χ2n) is 2.92. The van der Waals surface area contributed by atoms with Gasteiger partial charge in [-0.3, -0.25) is 4.21 Å². The summed E-state index contributed by atoms with van der Waals surface area (Å²) in [6.45, 7) is 1.90. The van der Waals surface area contributed by atoms with E-state index in [-0.39, 0.29) is 0 Å². The molecule has 0 spiro atoms. The van der Waals surface area contributed by atoms with Gasteiger partial charge in [-0.25, -0.2) is 0 Å². The van der Waals surface area contributed by atoms with Gasteiger partial charge in [0.2, 0.25) is 0 Å². The molecule has 0 amide bonds. The van der Waals surface area contributed by atoms with E-state index in [0.717, 1.165) is 16.2 Å². The van der Waals surface area contributed by atoms with Crippen molar-refractivity contribution in [1.82, 2.24) is 0 Å². The van der Waals surface area contributed by atoms with E-state index in [1.165, 1.54) is 0 Å². The van der Waals surface area contributed by atoms with Crippen LogP contribution in [0, 0.1) is 6.92 Å². The third kappa shape index (κ3) is 4.09. The van der Waals surface area contributed by atoms with Gasteiger partial charge in [-0.15, -0.1) is 0 Å². The van der Waals surface area contributed by atoms with Gasteiger partial charge in [0.05, 0.1) is 23.2 Å². The number of benzene rings is 1. The number of nitrogens with zero attached hydrogens (tertiary/aromatic N) is 2. The number of anilines is 1. The molecule has 0 heterocycles. The van der Waals surface area contributed by atoms with Gasteiger partial charge in [0.25, 0.3) is 0 Å². The molecule has 0 aliphatic rings. The molecule has 0 aliphatic heterocycles. The van der Waals surface area contributed by atoms with E-state index in [4.69, 9.17) is 23.2 Å². The maximum atomic E-state index is 10.9. The summed E-state index contributed by atoms with van der Waals surface area (Å²) in [7, 11) is 0. The van der Waals surface area contributed by atoms with Crippen molar-refractivity contribution in [2.24, 2.45) is 5.10 Å². The molecule has 0 saturated heterocycles. The highest BCUT2D eigenvalue weighted by molar-refractivity contribution is 7.80. The van der Waals surface area contributed by atoms with Crippen LogP contribution in [-0.2, 0) is 11.3 Å². The Balaban J connectivity index is 2.94. The largest absolute Gasteiger partial charge is 0.754 e. The topological polar surface area (TPSA) is 55.7 Å². The van der Waals surface area contributed by atoms with Gasteiger partial charge in [-0.1, -0.05) is 40.9 Å². The Bertz CT molecular complexity index is 395. The van der Waals surface area contributed by atoms with Crippen molar-refractivity contribution in [2.75, 3.05) is 4.41 Å². The molecule has 0 bridgehead atoms. The molecule has 0 aliphatic carbocycles. The van der Waals surface area contributed by atoms with Gasteiger partial charge in [0, 0.05) is 0 Å². The number of hydrogen-bond donors (Lipinski definition) is 0. The first-order chi connectivity index (χ1) is 7.50. The second-order valence-corrected chi connectivity index (χ2v) is 4.87. The lowest BCUT2D eigenvalue weighted by Crippen LogP contribution is -2.19. The highest BCUT2D eigenvalue weighted by atomic mass is 35.5. The third-order valence-electron chi connectivity index (χ3n) is 1.68. The minimum absolute atomic E-state index is 0.421. The minimum atomic E-state index is -2.51. The van der Waals surface area contributed by atoms with Crippen LogP contribution in [0.25, 0.3) is 0 Å². The van der Waals surface area contributed by atoms with Crippen LogP contribution in [-0.4, -0.2) is 19.8 Å². The standard InChI is InChI=1S/C9H10Cl2N2O2S/c1-7-2-4-8(5-3-7)13(16(14)15)12-6-9(10)11/h2-6,9H,1H3,(H,14,15)/p-1/b12-6+. The number of halogens is 2. The van der Waals surface area contributed by atoms with E-state index in [0.29, 0.717) is 5.69 Å². The molecule has 1 aromatic rings. The molecular weight excluding hydrogens is 271 g/mol. The summed E-state index contributed by atoms with van der Waals surface area (Å²) in [6.07, 6.45) is 1.12. The normalized spacial score (nSPS) is 13.3. The zero-order chi connectivity index (χ0) is 12.1. The number of hydrazone groups is 1.